The Morgan fingerprint density at radius 2 is 1.89 bits per heavy atom. The van der Waals surface area contributed by atoms with Crippen LogP contribution < -0.4 is 5.32 Å². The Bertz CT molecular complexity index is 944. The lowest BCUT2D eigenvalue weighted by atomic mass is 10.0. The number of carbonyl (C=O) groups is 1. The molecule has 4 rings (SSSR count). The van der Waals surface area contributed by atoms with Gasteiger partial charge in [0.25, 0.3) is 11.7 Å². The molecule has 1 fully saturated rings. The van der Waals surface area contributed by atoms with Gasteiger partial charge < -0.3 is 5.32 Å². The first-order chi connectivity index (χ1) is 13.1. The first-order valence-electron chi connectivity index (χ1n) is 9.36. The molecule has 1 amide bonds. The number of hydrogen-bond acceptors (Lipinski definition) is 5. The Morgan fingerprint density at radius 1 is 1.15 bits per heavy atom. The highest BCUT2D eigenvalue weighted by Gasteiger charge is 2.23. The summed E-state index contributed by atoms with van der Waals surface area (Å²) in [6, 6.07) is 12.6. The van der Waals surface area contributed by atoms with E-state index in [4.69, 9.17) is 0 Å². The standard InChI is InChI=1S/C20H24N6O/c1-14-12-15(2)26-20(21-14)23-18(24-26)19(27)22-17-8-10-25(11-9-17)13-16-6-4-3-5-7-16/h3-7,12,17H,8-11,13H2,1-2H3,(H,22,27). The third kappa shape index (κ3) is 3.98. The van der Waals surface area contributed by atoms with Crippen molar-refractivity contribution in [2.24, 2.45) is 0 Å². The van der Waals surface area contributed by atoms with Crippen molar-refractivity contribution in [1.82, 2.24) is 29.8 Å². The van der Waals surface area contributed by atoms with Gasteiger partial charge in [0.15, 0.2) is 0 Å². The molecule has 140 valence electrons. The number of carbonyl (C=O) groups excluding carboxylic acids is 1. The van der Waals surface area contributed by atoms with E-state index in [-0.39, 0.29) is 17.8 Å². The van der Waals surface area contributed by atoms with E-state index in [0.717, 1.165) is 43.9 Å². The van der Waals surface area contributed by atoms with E-state index >= 15 is 0 Å². The zero-order valence-electron chi connectivity index (χ0n) is 15.7. The molecule has 7 nitrogen and oxygen atoms in total. The zero-order valence-corrected chi connectivity index (χ0v) is 15.7. The van der Waals surface area contributed by atoms with E-state index in [0.29, 0.717) is 5.78 Å². The van der Waals surface area contributed by atoms with Crippen LogP contribution in [0.5, 0.6) is 0 Å². The fourth-order valence-electron chi connectivity index (χ4n) is 3.59. The Balaban J connectivity index is 1.35. The Hall–Kier alpha value is -2.80. The van der Waals surface area contributed by atoms with Gasteiger partial charge in [-0.1, -0.05) is 30.3 Å². The number of benzene rings is 1. The number of likely N-dealkylation sites (tertiary alicyclic amines) is 1. The number of nitrogens with zero attached hydrogens (tertiary/aromatic N) is 5. The number of aromatic nitrogens is 4. The first kappa shape index (κ1) is 17.6. The minimum atomic E-state index is -0.223. The molecule has 0 atom stereocenters. The van der Waals surface area contributed by atoms with Crippen molar-refractivity contribution in [3.63, 3.8) is 0 Å². The van der Waals surface area contributed by atoms with E-state index in [1.54, 1.807) is 4.52 Å². The lowest BCUT2D eigenvalue weighted by Crippen LogP contribution is -2.44. The fraction of sp³-hybridized carbons (Fsp3) is 0.400. The van der Waals surface area contributed by atoms with Crippen LogP contribution in [0.15, 0.2) is 36.4 Å². The molecule has 2 aromatic heterocycles. The van der Waals surface area contributed by atoms with Gasteiger partial charge in [-0.2, -0.15) is 4.98 Å². The van der Waals surface area contributed by atoms with Gasteiger partial charge in [-0.15, -0.1) is 5.10 Å². The summed E-state index contributed by atoms with van der Waals surface area (Å²) < 4.78 is 1.62. The second-order valence-electron chi connectivity index (χ2n) is 7.20. The number of nitrogens with one attached hydrogen (secondary N) is 1. The van der Waals surface area contributed by atoms with Crippen LogP contribution in [0, 0.1) is 13.8 Å². The van der Waals surface area contributed by atoms with Gasteiger partial charge in [0.05, 0.1) is 0 Å². The number of hydrogen-bond donors (Lipinski definition) is 1. The molecule has 0 unspecified atom stereocenters. The summed E-state index contributed by atoms with van der Waals surface area (Å²) in [6.07, 6.45) is 1.87. The topological polar surface area (TPSA) is 75.4 Å². The fourth-order valence-corrected chi connectivity index (χ4v) is 3.59. The van der Waals surface area contributed by atoms with Crippen LogP contribution in [-0.4, -0.2) is 49.5 Å². The average Bonchev–Trinajstić information content (AvgIpc) is 3.09. The summed E-state index contributed by atoms with van der Waals surface area (Å²) in [7, 11) is 0. The third-order valence-electron chi connectivity index (χ3n) is 4.99. The molecule has 1 N–H and O–H groups in total. The summed E-state index contributed by atoms with van der Waals surface area (Å²) in [5, 5.41) is 7.39. The van der Waals surface area contributed by atoms with Crippen molar-refractivity contribution >= 4 is 11.7 Å². The molecule has 1 saturated heterocycles. The van der Waals surface area contributed by atoms with Crippen molar-refractivity contribution in [3.05, 3.63) is 59.2 Å². The number of rotatable bonds is 4. The van der Waals surface area contributed by atoms with Crippen LogP contribution >= 0.6 is 0 Å². The molecular weight excluding hydrogens is 340 g/mol. The summed E-state index contributed by atoms with van der Waals surface area (Å²) in [6.45, 7) is 6.74. The minimum Gasteiger partial charge on any atom is -0.346 e. The monoisotopic (exact) mass is 364 g/mol. The molecule has 1 aromatic carbocycles. The lowest BCUT2D eigenvalue weighted by molar-refractivity contribution is 0.0898. The van der Waals surface area contributed by atoms with Gasteiger partial charge in [-0.25, -0.2) is 9.50 Å². The molecule has 0 spiro atoms. The van der Waals surface area contributed by atoms with Crippen LogP contribution in [0.25, 0.3) is 5.78 Å². The Labute approximate surface area is 158 Å². The van der Waals surface area contributed by atoms with E-state index < -0.39 is 0 Å². The van der Waals surface area contributed by atoms with Crippen LogP contribution in [0.1, 0.15) is 40.4 Å². The number of piperidine rings is 1. The molecule has 1 aliphatic heterocycles. The lowest BCUT2D eigenvalue weighted by Gasteiger charge is -2.32. The third-order valence-corrected chi connectivity index (χ3v) is 4.99. The van der Waals surface area contributed by atoms with E-state index in [9.17, 15) is 4.79 Å². The highest BCUT2D eigenvalue weighted by Crippen LogP contribution is 2.14. The molecule has 7 heteroatoms. The van der Waals surface area contributed by atoms with Gasteiger partial charge in [0.1, 0.15) is 0 Å². The second-order valence-corrected chi connectivity index (χ2v) is 7.20. The van der Waals surface area contributed by atoms with Crippen molar-refractivity contribution in [2.45, 2.75) is 39.3 Å². The maximum atomic E-state index is 12.6. The molecule has 0 saturated carbocycles. The summed E-state index contributed by atoms with van der Waals surface area (Å²) in [4.78, 5) is 23.6. The maximum absolute atomic E-state index is 12.6. The molecule has 0 radical (unpaired) electrons. The summed E-state index contributed by atoms with van der Waals surface area (Å²) in [5.41, 5.74) is 3.11. The summed E-state index contributed by atoms with van der Waals surface area (Å²) >= 11 is 0. The Morgan fingerprint density at radius 3 is 2.63 bits per heavy atom. The highest BCUT2D eigenvalue weighted by molar-refractivity contribution is 5.91. The van der Waals surface area contributed by atoms with Crippen molar-refractivity contribution < 1.29 is 4.79 Å². The van der Waals surface area contributed by atoms with Gasteiger partial charge in [0.2, 0.25) is 5.82 Å². The van der Waals surface area contributed by atoms with E-state index in [2.05, 4.69) is 49.5 Å². The number of amides is 1. The average molecular weight is 364 g/mol. The molecule has 1 aliphatic rings. The van der Waals surface area contributed by atoms with E-state index in [1.165, 1.54) is 5.56 Å². The van der Waals surface area contributed by atoms with Crippen LogP contribution in [0.2, 0.25) is 0 Å². The normalized spacial score (nSPS) is 15.9. The molecule has 3 heterocycles. The van der Waals surface area contributed by atoms with Crippen LogP contribution in [0.3, 0.4) is 0 Å². The zero-order chi connectivity index (χ0) is 18.8. The second kappa shape index (κ2) is 7.44. The van der Waals surface area contributed by atoms with Gasteiger partial charge in [-0.05, 0) is 38.3 Å². The van der Waals surface area contributed by atoms with Crippen molar-refractivity contribution in [1.29, 1.82) is 0 Å². The Kier molecular flexibility index (Phi) is 4.85. The van der Waals surface area contributed by atoms with Gasteiger partial charge in [0, 0.05) is 37.1 Å². The molecule has 0 aliphatic carbocycles. The highest BCUT2D eigenvalue weighted by atomic mass is 16.2. The smallest absolute Gasteiger partial charge is 0.291 e. The molecule has 27 heavy (non-hydrogen) atoms. The largest absolute Gasteiger partial charge is 0.346 e. The maximum Gasteiger partial charge on any atom is 0.291 e. The SMILES string of the molecule is Cc1cc(C)n2nc(C(=O)NC3CCN(Cc4ccccc4)CC3)nc2n1. The van der Waals surface area contributed by atoms with Crippen molar-refractivity contribution in [2.75, 3.05) is 13.1 Å². The molecule has 3 aromatic rings. The van der Waals surface area contributed by atoms with Gasteiger partial charge in [-0.3, -0.25) is 9.69 Å². The predicted octanol–water partition coefficient (Wildman–Crippen LogP) is 2.14. The first-order valence-corrected chi connectivity index (χ1v) is 9.36. The minimum absolute atomic E-state index is 0.159. The number of fused-ring (bicyclic) bond motifs is 1. The van der Waals surface area contributed by atoms with E-state index in [1.807, 2.05) is 26.0 Å². The predicted molar refractivity (Wildman–Crippen MR) is 102 cm³/mol. The molecule has 0 bridgehead atoms. The van der Waals surface area contributed by atoms with Crippen LogP contribution in [0.4, 0.5) is 0 Å². The quantitative estimate of drug-likeness (QED) is 0.768. The van der Waals surface area contributed by atoms with Crippen molar-refractivity contribution in [3.8, 4) is 0 Å². The van der Waals surface area contributed by atoms with Gasteiger partial charge >= 0.3 is 0 Å². The number of aryl methyl sites for hydroxylation is 2. The molecular formula is C20H24N6O. The summed E-state index contributed by atoms with van der Waals surface area (Å²) in [5.74, 6) is 0.428. The van der Waals surface area contributed by atoms with Crippen LogP contribution in [-0.2, 0) is 6.54 Å².